The summed E-state index contributed by atoms with van der Waals surface area (Å²) in [7, 11) is 1.25. The second-order valence-corrected chi connectivity index (χ2v) is 4.26. The summed E-state index contributed by atoms with van der Waals surface area (Å²) in [5.41, 5.74) is -1.31. The predicted octanol–water partition coefficient (Wildman–Crippen LogP) is 2.61. The Morgan fingerprint density at radius 1 is 1.53 bits per heavy atom. The second-order valence-electron chi connectivity index (χ2n) is 4.26. The van der Waals surface area contributed by atoms with Gasteiger partial charge in [0.15, 0.2) is 6.10 Å². The summed E-state index contributed by atoms with van der Waals surface area (Å²) in [5.74, 6) is -0.482. The topological polar surface area (TPSA) is 38.8 Å². The van der Waals surface area contributed by atoms with E-state index >= 15 is 0 Å². The van der Waals surface area contributed by atoms with Crippen LogP contribution in [0.1, 0.15) is 26.7 Å². The first-order valence-corrected chi connectivity index (χ1v) is 5.20. The molecule has 0 N–H and O–H groups in total. The highest BCUT2D eigenvalue weighted by Crippen LogP contribution is 2.41. The van der Waals surface area contributed by atoms with Crippen molar-refractivity contribution in [2.45, 2.75) is 44.6 Å². The molecule has 0 radical (unpaired) electrons. The summed E-state index contributed by atoms with van der Waals surface area (Å²) in [5, 5.41) is 0. The molecule has 0 aliphatic carbocycles. The highest BCUT2D eigenvalue weighted by molar-refractivity contribution is 5.79. The Hall–Kier alpha value is -1.04. The molecule has 0 spiro atoms. The highest BCUT2D eigenvalue weighted by Gasteiger charge is 2.57. The van der Waals surface area contributed by atoms with E-state index in [9.17, 15) is 18.0 Å². The van der Waals surface area contributed by atoms with Gasteiger partial charge < -0.3 is 9.47 Å². The first-order chi connectivity index (χ1) is 7.70. The van der Waals surface area contributed by atoms with E-state index in [-0.39, 0.29) is 6.42 Å². The van der Waals surface area contributed by atoms with E-state index < -0.39 is 29.4 Å². The molecule has 3 nitrogen and oxygen atoms in total. The molecule has 1 fully saturated rings. The minimum Gasteiger partial charge on any atom is -0.467 e. The third-order valence-electron chi connectivity index (χ3n) is 2.84. The van der Waals surface area contributed by atoms with Gasteiger partial charge >= 0.3 is 12.1 Å². The number of alkyl halides is 3. The molecule has 1 heterocycles. The van der Waals surface area contributed by atoms with Crippen molar-refractivity contribution in [1.29, 1.82) is 0 Å². The van der Waals surface area contributed by atoms with Gasteiger partial charge in [0.25, 0.3) is 0 Å². The molecule has 6 heteroatoms. The van der Waals surface area contributed by atoms with E-state index in [1.807, 2.05) is 0 Å². The van der Waals surface area contributed by atoms with E-state index in [0.29, 0.717) is 6.42 Å². The fraction of sp³-hybridized carbons (Fsp3) is 0.727. The summed E-state index contributed by atoms with van der Waals surface area (Å²) in [6, 6.07) is 0. The van der Waals surface area contributed by atoms with Gasteiger partial charge in [-0.15, -0.1) is 0 Å². The van der Waals surface area contributed by atoms with Gasteiger partial charge in [-0.2, -0.15) is 13.2 Å². The summed E-state index contributed by atoms with van der Waals surface area (Å²) in [6.07, 6.45) is -3.24. The van der Waals surface area contributed by atoms with Crippen LogP contribution in [0.2, 0.25) is 0 Å². The standard InChI is InChI=1S/C11H15F3O3/c1-7(11(12,13)14)5-4-6-10(2)8(17-10)9(15)16-3/h5,8H,4,6H2,1-3H3/b7-5-/t8-,10-/m1/s1. The van der Waals surface area contributed by atoms with Gasteiger partial charge in [0.05, 0.1) is 7.11 Å². The third-order valence-corrected chi connectivity index (χ3v) is 2.84. The Morgan fingerprint density at radius 2 is 2.12 bits per heavy atom. The molecule has 0 unspecified atom stereocenters. The zero-order valence-electron chi connectivity index (χ0n) is 9.93. The lowest BCUT2D eigenvalue weighted by Gasteiger charge is -2.07. The Bertz CT molecular complexity index is 335. The number of hydrogen-bond donors (Lipinski definition) is 0. The maximum atomic E-state index is 12.2. The minimum atomic E-state index is -4.28. The zero-order valence-corrected chi connectivity index (χ0v) is 9.93. The number of halogens is 3. The van der Waals surface area contributed by atoms with Crippen molar-refractivity contribution in [3.63, 3.8) is 0 Å². The average Bonchev–Trinajstić information content (AvgIpc) is 2.88. The molecule has 98 valence electrons. The first kappa shape index (κ1) is 14.0. The van der Waals surface area contributed by atoms with Crippen molar-refractivity contribution in [3.05, 3.63) is 11.6 Å². The monoisotopic (exact) mass is 252 g/mol. The number of ether oxygens (including phenoxy) is 2. The lowest BCUT2D eigenvalue weighted by molar-refractivity contribution is -0.142. The van der Waals surface area contributed by atoms with Crippen molar-refractivity contribution in [2.24, 2.45) is 0 Å². The van der Waals surface area contributed by atoms with Crippen LogP contribution in [-0.2, 0) is 14.3 Å². The van der Waals surface area contributed by atoms with Gasteiger partial charge in [0.1, 0.15) is 5.60 Å². The fourth-order valence-corrected chi connectivity index (χ4v) is 1.52. The van der Waals surface area contributed by atoms with Gasteiger partial charge in [-0.05, 0) is 26.7 Å². The van der Waals surface area contributed by atoms with Crippen molar-refractivity contribution in [3.8, 4) is 0 Å². The Morgan fingerprint density at radius 3 is 2.59 bits per heavy atom. The highest BCUT2D eigenvalue weighted by atomic mass is 19.4. The molecular weight excluding hydrogens is 237 g/mol. The number of methoxy groups -OCH3 is 1. The lowest BCUT2D eigenvalue weighted by Crippen LogP contribution is -2.18. The Labute approximate surface area is 97.6 Å². The number of allylic oxidation sites excluding steroid dienone is 2. The van der Waals surface area contributed by atoms with E-state index in [1.165, 1.54) is 7.11 Å². The summed E-state index contributed by atoms with van der Waals surface area (Å²) in [6.45, 7) is 2.71. The van der Waals surface area contributed by atoms with E-state index in [1.54, 1.807) is 6.92 Å². The molecular formula is C11H15F3O3. The lowest BCUT2D eigenvalue weighted by atomic mass is 10.0. The third kappa shape index (κ3) is 3.46. The fourth-order valence-electron chi connectivity index (χ4n) is 1.52. The van der Waals surface area contributed by atoms with Gasteiger partial charge in [0, 0.05) is 5.57 Å². The maximum Gasteiger partial charge on any atom is 0.412 e. The van der Waals surface area contributed by atoms with Crippen LogP contribution in [0.5, 0.6) is 0 Å². The van der Waals surface area contributed by atoms with Crippen LogP contribution in [0.15, 0.2) is 11.6 Å². The van der Waals surface area contributed by atoms with Crippen LogP contribution in [0.4, 0.5) is 13.2 Å². The van der Waals surface area contributed by atoms with E-state index in [2.05, 4.69) is 4.74 Å². The molecule has 0 aromatic rings. The Balaban J connectivity index is 2.42. The normalized spacial score (nSPS) is 29.1. The minimum absolute atomic E-state index is 0.218. The summed E-state index contributed by atoms with van der Waals surface area (Å²) < 4.78 is 46.1. The van der Waals surface area contributed by atoms with Crippen LogP contribution >= 0.6 is 0 Å². The number of rotatable bonds is 4. The Kier molecular flexibility index (Phi) is 3.86. The molecule has 17 heavy (non-hydrogen) atoms. The van der Waals surface area contributed by atoms with Crippen LogP contribution in [0.3, 0.4) is 0 Å². The molecule has 1 aliphatic heterocycles. The molecule has 0 aromatic heterocycles. The van der Waals surface area contributed by atoms with Gasteiger partial charge in [-0.3, -0.25) is 0 Å². The number of epoxide rings is 1. The van der Waals surface area contributed by atoms with Crippen LogP contribution in [0, 0.1) is 0 Å². The largest absolute Gasteiger partial charge is 0.467 e. The molecule has 0 bridgehead atoms. The number of carbonyl (C=O) groups is 1. The van der Waals surface area contributed by atoms with Gasteiger partial charge in [-0.25, -0.2) is 4.79 Å². The van der Waals surface area contributed by atoms with Crippen LogP contribution < -0.4 is 0 Å². The van der Waals surface area contributed by atoms with E-state index in [0.717, 1.165) is 13.0 Å². The zero-order chi connectivity index (χ0) is 13.3. The molecule has 1 saturated heterocycles. The molecule has 1 aliphatic rings. The number of hydrogen-bond acceptors (Lipinski definition) is 3. The smallest absolute Gasteiger partial charge is 0.412 e. The second kappa shape index (κ2) is 4.68. The molecule has 2 atom stereocenters. The van der Waals surface area contributed by atoms with Gasteiger partial charge in [0.2, 0.25) is 0 Å². The van der Waals surface area contributed by atoms with E-state index in [4.69, 9.17) is 4.74 Å². The van der Waals surface area contributed by atoms with Crippen molar-refractivity contribution in [2.75, 3.05) is 7.11 Å². The van der Waals surface area contributed by atoms with Gasteiger partial charge in [-0.1, -0.05) is 6.08 Å². The summed E-state index contributed by atoms with van der Waals surface area (Å²) in [4.78, 5) is 11.1. The van der Waals surface area contributed by atoms with Crippen molar-refractivity contribution < 1.29 is 27.4 Å². The quantitative estimate of drug-likeness (QED) is 0.438. The average molecular weight is 252 g/mol. The van der Waals surface area contributed by atoms with Crippen molar-refractivity contribution in [1.82, 2.24) is 0 Å². The number of carbonyl (C=O) groups excluding carboxylic acids is 1. The predicted molar refractivity (Wildman–Crippen MR) is 54.3 cm³/mol. The van der Waals surface area contributed by atoms with Crippen LogP contribution in [-0.4, -0.2) is 31.0 Å². The first-order valence-electron chi connectivity index (χ1n) is 5.20. The SMILES string of the molecule is COC(=O)[C@H]1O[C@]1(C)CC/C=C(/C)C(F)(F)F. The molecule has 1 rings (SSSR count). The molecule has 0 amide bonds. The van der Waals surface area contributed by atoms with Crippen LogP contribution in [0.25, 0.3) is 0 Å². The number of esters is 1. The van der Waals surface area contributed by atoms with Crippen molar-refractivity contribution >= 4 is 5.97 Å². The molecule has 0 aromatic carbocycles. The summed E-state index contributed by atoms with van der Waals surface area (Å²) >= 11 is 0. The molecule has 0 saturated carbocycles. The maximum absolute atomic E-state index is 12.2.